The van der Waals surface area contributed by atoms with Crippen LogP contribution < -0.4 is 0 Å². The summed E-state index contributed by atoms with van der Waals surface area (Å²) in [5, 5.41) is 0. The van der Waals surface area contributed by atoms with Crippen molar-refractivity contribution in [3.05, 3.63) is 0 Å². The van der Waals surface area contributed by atoms with E-state index in [0.717, 1.165) is 0 Å². The third-order valence-electron chi connectivity index (χ3n) is 0. The third-order valence-corrected chi connectivity index (χ3v) is 0. The maximum Gasteiger partial charge on any atom is 3.00 e. The fraction of sp³-hybridized carbons (Fsp3) is 0. The molecule has 0 amide bonds. The van der Waals surface area contributed by atoms with Gasteiger partial charge in [0.1, 0.15) is 0 Å². The first-order valence-electron chi connectivity index (χ1n) is 0. The van der Waals surface area contributed by atoms with Crippen molar-refractivity contribution in [3.8, 4) is 0 Å². The summed E-state index contributed by atoms with van der Waals surface area (Å²) >= 11 is 0. The summed E-state index contributed by atoms with van der Waals surface area (Å²) in [5.74, 6) is 0. The molecule has 0 unspecified atom stereocenters. The standard InChI is InChI=1S/2In.2Mg.5S/q2*+3;2*+2;5*-2. The second kappa shape index (κ2) is 74.6. The summed E-state index contributed by atoms with van der Waals surface area (Å²) in [6.07, 6.45) is 0. The smallest absolute Gasteiger partial charge is 2.00 e. The molecular formula is In2Mg2S5. The molecule has 0 aromatic carbocycles. The molecule has 40 valence electrons. The van der Waals surface area contributed by atoms with Crippen LogP contribution in [0.25, 0.3) is 0 Å². The number of hydrogen-bond acceptors (Lipinski definition) is 0. The van der Waals surface area contributed by atoms with Crippen molar-refractivity contribution in [3.63, 3.8) is 0 Å². The normalized spacial score (nSPS) is 0. The van der Waals surface area contributed by atoms with Gasteiger partial charge in [-0.25, -0.2) is 0 Å². The summed E-state index contributed by atoms with van der Waals surface area (Å²) in [6, 6.07) is 0. The Morgan fingerprint density at radius 3 is 0.333 bits per heavy atom. The molecule has 0 aliphatic rings. The van der Waals surface area contributed by atoms with E-state index in [1.165, 1.54) is 0 Å². The third kappa shape index (κ3) is 62.7. The Labute approximate surface area is 162 Å². The Bertz CT molecular complexity index is 12.9. The second-order valence-corrected chi connectivity index (χ2v) is 0. The molecule has 0 fully saturated rings. The SMILES string of the molecule is [In+3].[In+3].[Mg+2].[Mg+2].[S-2].[S-2].[S-2].[S-2].[S-2]. The van der Waals surface area contributed by atoms with Crippen LogP contribution in [-0.2, 0) is 67.5 Å². The van der Waals surface area contributed by atoms with Gasteiger partial charge >= 0.3 is 97.8 Å². The van der Waals surface area contributed by atoms with E-state index >= 15 is 0 Å². The van der Waals surface area contributed by atoms with Crippen LogP contribution in [0.1, 0.15) is 0 Å². The van der Waals surface area contributed by atoms with Crippen molar-refractivity contribution in [2.24, 2.45) is 0 Å². The van der Waals surface area contributed by atoms with Crippen molar-refractivity contribution in [1.82, 2.24) is 0 Å². The minimum atomic E-state index is 0. The Hall–Kier alpha value is 5.02. The van der Waals surface area contributed by atoms with Gasteiger partial charge in [-0.3, -0.25) is 0 Å². The molecule has 0 N–H and O–H groups in total. The van der Waals surface area contributed by atoms with E-state index in [4.69, 9.17) is 0 Å². The van der Waals surface area contributed by atoms with Gasteiger partial charge in [-0.05, 0) is 0 Å². The Kier molecular flexibility index (Phi) is 782. The van der Waals surface area contributed by atoms with Crippen molar-refractivity contribution in [2.75, 3.05) is 0 Å². The maximum absolute atomic E-state index is 0. The zero-order valence-electron chi connectivity index (χ0n) is 4.61. The zero-order chi connectivity index (χ0) is 0. The average Bonchev–Trinajstić information content (AvgIpc) is 0. The van der Waals surface area contributed by atoms with Gasteiger partial charge in [0.05, 0.1) is 0 Å². The van der Waals surface area contributed by atoms with Crippen LogP contribution in [0, 0.1) is 0 Å². The maximum atomic E-state index is 0. The van der Waals surface area contributed by atoms with Crippen LogP contribution >= 0.6 is 0 Å². The number of rotatable bonds is 0. The first kappa shape index (κ1) is 94.3. The zero-order valence-corrected chi connectivity index (χ0v) is 18.1. The molecule has 0 nitrogen and oxygen atoms in total. The van der Waals surface area contributed by atoms with E-state index in [-0.39, 0.29) is 165 Å². The molecule has 0 saturated heterocycles. The van der Waals surface area contributed by atoms with Gasteiger partial charge in [-0.15, -0.1) is 0 Å². The van der Waals surface area contributed by atoms with Gasteiger partial charge in [0.25, 0.3) is 0 Å². The molecule has 0 heterocycles. The summed E-state index contributed by atoms with van der Waals surface area (Å²) in [5.41, 5.74) is 0. The van der Waals surface area contributed by atoms with Crippen LogP contribution in [-0.4, -0.2) is 97.8 Å². The fourth-order valence-corrected chi connectivity index (χ4v) is 0. The molecule has 9 heavy (non-hydrogen) atoms. The molecule has 0 aliphatic carbocycles. The summed E-state index contributed by atoms with van der Waals surface area (Å²) < 4.78 is 0. The van der Waals surface area contributed by atoms with Gasteiger partial charge in [-0.2, -0.15) is 0 Å². The van der Waals surface area contributed by atoms with Crippen LogP contribution in [0.3, 0.4) is 0 Å². The van der Waals surface area contributed by atoms with Crippen LogP contribution in [0.4, 0.5) is 0 Å². The van der Waals surface area contributed by atoms with Crippen molar-refractivity contribution < 1.29 is 0 Å². The van der Waals surface area contributed by atoms with E-state index < -0.39 is 0 Å². The Morgan fingerprint density at radius 2 is 0.333 bits per heavy atom. The van der Waals surface area contributed by atoms with Gasteiger partial charge in [0, 0.05) is 0 Å². The topological polar surface area (TPSA) is 0 Å². The monoisotopic (exact) mass is 438 g/mol. The molecule has 0 aromatic rings. The van der Waals surface area contributed by atoms with E-state index in [9.17, 15) is 0 Å². The predicted molar refractivity (Wildman–Crippen MR) is 59.8 cm³/mol. The van der Waals surface area contributed by atoms with Crippen LogP contribution in [0.15, 0.2) is 0 Å². The van der Waals surface area contributed by atoms with E-state index in [2.05, 4.69) is 0 Å². The van der Waals surface area contributed by atoms with Crippen molar-refractivity contribution >= 4 is 165 Å². The molecule has 0 aliphatic heterocycles. The minimum Gasteiger partial charge on any atom is -2.00 e. The first-order valence-corrected chi connectivity index (χ1v) is 0. The van der Waals surface area contributed by atoms with Crippen molar-refractivity contribution in [1.29, 1.82) is 0 Å². The molecule has 9 heteroatoms. The summed E-state index contributed by atoms with van der Waals surface area (Å²) in [7, 11) is 0. The van der Waals surface area contributed by atoms with E-state index in [1.807, 2.05) is 0 Å². The molecule has 0 radical (unpaired) electrons. The largest absolute Gasteiger partial charge is 3.00 e. The molecule has 0 rings (SSSR count). The molecular weight excluding hydrogens is 439 g/mol. The molecule has 0 bridgehead atoms. The summed E-state index contributed by atoms with van der Waals surface area (Å²) in [6.45, 7) is 0. The molecule has 0 saturated carbocycles. The van der Waals surface area contributed by atoms with E-state index in [0.29, 0.717) is 0 Å². The molecule has 0 aromatic heterocycles. The minimum absolute atomic E-state index is 0. The quantitative estimate of drug-likeness (QED) is 0.403. The Balaban J connectivity index is 0. The van der Waals surface area contributed by atoms with Crippen LogP contribution in [0.2, 0.25) is 0 Å². The first-order chi connectivity index (χ1) is 0. The van der Waals surface area contributed by atoms with Gasteiger partial charge < -0.3 is 67.5 Å². The average molecular weight is 439 g/mol. The van der Waals surface area contributed by atoms with E-state index in [1.54, 1.807) is 0 Å². The second-order valence-electron chi connectivity index (χ2n) is 0. The Morgan fingerprint density at radius 1 is 0.333 bits per heavy atom. The molecule has 0 spiro atoms. The van der Waals surface area contributed by atoms with Crippen molar-refractivity contribution in [2.45, 2.75) is 0 Å². The van der Waals surface area contributed by atoms with Gasteiger partial charge in [-0.1, -0.05) is 0 Å². The van der Waals surface area contributed by atoms with Crippen LogP contribution in [0.5, 0.6) is 0 Å². The number of hydrogen-bond donors (Lipinski definition) is 0. The summed E-state index contributed by atoms with van der Waals surface area (Å²) in [4.78, 5) is 0. The predicted octanol–water partition coefficient (Wildman–Crippen LogP) is -1.54. The fourth-order valence-electron chi connectivity index (χ4n) is 0. The van der Waals surface area contributed by atoms with Gasteiger partial charge in [0.15, 0.2) is 0 Å². The molecule has 0 atom stereocenters. The van der Waals surface area contributed by atoms with Gasteiger partial charge in [0.2, 0.25) is 0 Å².